The largest absolute Gasteiger partial charge is 0.508 e. The van der Waals surface area contributed by atoms with Crippen molar-refractivity contribution in [3.63, 3.8) is 0 Å². The molecule has 0 spiro atoms. The molecule has 2 aliphatic heterocycles. The van der Waals surface area contributed by atoms with Crippen molar-refractivity contribution in [2.24, 2.45) is 11.8 Å². The zero-order chi connectivity index (χ0) is 45.1. The van der Waals surface area contributed by atoms with E-state index in [1.807, 2.05) is 78.0 Å². The number of carbonyl (C=O) groups is 2. The Hall–Kier alpha value is -3.98. The van der Waals surface area contributed by atoms with E-state index in [1.165, 1.54) is 6.07 Å². The van der Waals surface area contributed by atoms with Crippen LogP contribution in [0.1, 0.15) is 153 Å². The second kappa shape index (κ2) is 17.4. The molecule has 3 heterocycles. The van der Waals surface area contributed by atoms with E-state index in [4.69, 9.17) is 18.4 Å². The Bertz CT molecular complexity index is 2230. The summed E-state index contributed by atoms with van der Waals surface area (Å²) in [6.07, 6.45) is 1.07. The van der Waals surface area contributed by atoms with Gasteiger partial charge >= 0.3 is 6.18 Å². The number of halogens is 3. The van der Waals surface area contributed by atoms with Gasteiger partial charge in [0, 0.05) is 24.1 Å². The highest BCUT2D eigenvalue weighted by atomic mass is 28.4. The first-order valence-corrected chi connectivity index (χ1v) is 26.1. The van der Waals surface area contributed by atoms with E-state index in [9.17, 15) is 5.11 Å². The molecule has 2 aromatic carbocycles. The van der Waals surface area contributed by atoms with Gasteiger partial charge in [0.1, 0.15) is 17.1 Å². The number of hydrogen-bond donors (Lipinski definition) is 1. The molecule has 5 atom stereocenters. The molecule has 1 N–H and O–H groups in total. The van der Waals surface area contributed by atoms with Gasteiger partial charge in [-0.15, -0.1) is 0 Å². The molecular weight excluding hydrogens is 828 g/mol. The van der Waals surface area contributed by atoms with Crippen LogP contribution in [0.15, 0.2) is 52.3 Å². The van der Waals surface area contributed by atoms with Crippen LogP contribution in [0.2, 0.25) is 18.1 Å². The Kier molecular flexibility index (Phi) is 12.6. The average Bonchev–Trinajstić information content (AvgIpc) is 4.01. The summed E-state index contributed by atoms with van der Waals surface area (Å²) in [4.78, 5) is 35.5. The number of aliphatic hydroxyl groups excluding tert-OH is 1. The molecule has 342 valence electrons. The maximum atomic E-state index is 16.0. The number of alkyl halides is 3. The van der Waals surface area contributed by atoms with E-state index in [1.54, 1.807) is 0 Å². The lowest BCUT2D eigenvalue weighted by Crippen LogP contribution is -2.65. The van der Waals surface area contributed by atoms with Gasteiger partial charge in [0.15, 0.2) is 25.5 Å². The van der Waals surface area contributed by atoms with Crippen molar-refractivity contribution in [1.29, 1.82) is 0 Å². The van der Waals surface area contributed by atoms with Gasteiger partial charge in [-0.1, -0.05) is 77.8 Å². The second-order valence-corrected chi connectivity index (χ2v) is 24.6. The lowest BCUT2D eigenvalue weighted by Gasteiger charge is -2.55. The van der Waals surface area contributed by atoms with Gasteiger partial charge in [-0.2, -0.15) is 13.2 Å². The molecule has 1 aromatic heterocycles. The molecule has 5 aliphatic rings. The standard InChI is InChI=1S/C49H64F3N3O7Si/c1-8-10-24-59-36-28-32(35-20-17-23-55(35)29-30-18-13-12-14-19-30)40(49(50,51)52)33-26-31-27-34-41(54-21-15-16-22-54)43-39(46(53-61-43)60-25-11-9-2)45(58)48(34,62-63(6,7)47(3,4)5)44(57)37(31)42(56)38(33)36/h12-14,18-19,28,31,34-35,41,57H,8-11,15-17,20-27,29H2,1-7H3/t31-,34-,35?,41-,48-/m0/s1. The minimum absolute atomic E-state index is 0.0201. The summed E-state index contributed by atoms with van der Waals surface area (Å²) in [6.45, 7) is 17.1. The average molecular weight is 892 g/mol. The number of carbonyl (C=O) groups excluding carboxylic acids is 2. The minimum Gasteiger partial charge on any atom is -0.508 e. The predicted octanol–water partition coefficient (Wildman–Crippen LogP) is 11.4. The highest BCUT2D eigenvalue weighted by molar-refractivity contribution is 6.74. The zero-order valence-corrected chi connectivity index (χ0v) is 39.0. The van der Waals surface area contributed by atoms with Crippen molar-refractivity contribution in [3.05, 3.63) is 86.9 Å². The number of ether oxygens (including phenoxy) is 2. The van der Waals surface area contributed by atoms with Gasteiger partial charge in [0.2, 0.25) is 5.78 Å². The molecule has 0 bridgehead atoms. The maximum absolute atomic E-state index is 16.0. The topological polar surface area (TPSA) is 115 Å². The van der Waals surface area contributed by atoms with Crippen molar-refractivity contribution in [2.75, 3.05) is 32.8 Å². The van der Waals surface area contributed by atoms with Crippen LogP contribution < -0.4 is 9.47 Å². The third-order valence-electron chi connectivity index (χ3n) is 14.8. The number of benzene rings is 2. The highest BCUT2D eigenvalue weighted by Crippen LogP contribution is 2.61. The summed E-state index contributed by atoms with van der Waals surface area (Å²) >= 11 is 0. The SMILES string of the molecule is CCCCOc1cc(C2CCCN2Cc2ccccc2)c(C(F)(F)F)c2c1C(=O)C1=C(O)[C@]3(O[Si](C)(C)C(C)(C)C)C(=O)c4c(OCCCC)noc4[C@@H](N4CCCC4)[C@@H]3C[C@@H]1C2. The van der Waals surface area contributed by atoms with Crippen LogP contribution in [-0.2, 0) is 23.6 Å². The number of unbranched alkanes of at least 4 members (excludes halogenated alkanes) is 2. The Morgan fingerprint density at radius 1 is 0.952 bits per heavy atom. The number of nitrogens with zero attached hydrogens (tertiary/aromatic N) is 3. The van der Waals surface area contributed by atoms with Crippen LogP contribution in [0.5, 0.6) is 11.6 Å². The maximum Gasteiger partial charge on any atom is 0.417 e. The molecule has 1 unspecified atom stereocenters. The molecule has 8 rings (SSSR count). The van der Waals surface area contributed by atoms with Crippen LogP contribution in [0.3, 0.4) is 0 Å². The number of Topliss-reactive ketones (excluding diaryl/α,β-unsaturated/α-hetero) is 2. The summed E-state index contributed by atoms with van der Waals surface area (Å²) in [7, 11) is -3.00. The van der Waals surface area contributed by atoms with Gasteiger partial charge in [-0.3, -0.25) is 19.4 Å². The van der Waals surface area contributed by atoms with Crippen molar-refractivity contribution in [2.45, 2.75) is 147 Å². The molecule has 10 nitrogen and oxygen atoms in total. The lowest BCUT2D eigenvalue weighted by molar-refractivity contribution is -0.139. The van der Waals surface area contributed by atoms with Crippen molar-refractivity contribution in [1.82, 2.24) is 15.0 Å². The monoisotopic (exact) mass is 891 g/mol. The van der Waals surface area contributed by atoms with E-state index in [0.717, 1.165) is 37.7 Å². The fourth-order valence-electron chi connectivity index (χ4n) is 10.7. The summed E-state index contributed by atoms with van der Waals surface area (Å²) in [6, 6.07) is 10.0. The first-order chi connectivity index (χ1) is 29.9. The normalized spacial score (nSPS) is 25.6. The third-order valence-corrected chi connectivity index (χ3v) is 19.3. The summed E-state index contributed by atoms with van der Waals surface area (Å²) in [5.74, 6) is -3.14. The van der Waals surface area contributed by atoms with Gasteiger partial charge in [-0.05, 0) is 123 Å². The molecule has 0 saturated carbocycles. The fraction of sp³-hybridized carbons (Fsp3) is 0.612. The number of rotatable bonds is 14. The number of likely N-dealkylation sites (tertiary alicyclic amines) is 2. The quantitative estimate of drug-likeness (QED) is 0.124. The molecule has 3 aromatic rings. The van der Waals surface area contributed by atoms with Crippen molar-refractivity contribution >= 4 is 19.9 Å². The van der Waals surface area contributed by atoms with E-state index in [2.05, 4.69) is 15.0 Å². The summed E-state index contributed by atoms with van der Waals surface area (Å²) in [5, 5.41) is 17.0. The molecule has 0 radical (unpaired) electrons. The van der Waals surface area contributed by atoms with Gasteiger partial charge in [0.25, 0.3) is 5.88 Å². The van der Waals surface area contributed by atoms with E-state index in [-0.39, 0.29) is 65.5 Å². The van der Waals surface area contributed by atoms with Gasteiger partial charge < -0.3 is 23.5 Å². The zero-order valence-electron chi connectivity index (χ0n) is 38.0. The Balaban J connectivity index is 1.35. The Labute approximate surface area is 370 Å². The van der Waals surface area contributed by atoms with Crippen LogP contribution in [0.25, 0.3) is 0 Å². The number of hydrogen-bond acceptors (Lipinski definition) is 10. The van der Waals surface area contributed by atoms with Crippen LogP contribution in [0.4, 0.5) is 13.2 Å². The Morgan fingerprint density at radius 3 is 2.29 bits per heavy atom. The molecule has 63 heavy (non-hydrogen) atoms. The number of ketones is 2. The van der Waals surface area contributed by atoms with Crippen molar-refractivity contribution in [3.8, 4) is 11.6 Å². The first kappa shape index (κ1) is 45.6. The van der Waals surface area contributed by atoms with E-state index < -0.39 is 71.9 Å². The number of allylic oxidation sites excluding steroid dienone is 1. The van der Waals surface area contributed by atoms with E-state index in [0.29, 0.717) is 51.2 Å². The number of fused-ring (bicyclic) bond motifs is 4. The molecule has 14 heteroatoms. The fourth-order valence-corrected chi connectivity index (χ4v) is 12.2. The van der Waals surface area contributed by atoms with Crippen LogP contribution in [-0.4, -0.2) is 78.4 Å². The van der Waals surface area contributed by atoms with Crippen molar-refractivity contribution < 1.29 is 46.3 Å². The minimum atomic E-state index is -4.81. The molecule has 2 saturated heterocycles. The second-order valence-electron chi connectivity index (χ2n) is 19.9. The summed E-state index contributed by atoms with van der Waals surface area (Å²) < 4.78 is 73.9. The molecule has 2 fully saturated rings. The lowest BCUT2D eigenvalue weighted by atomic mass is 9.58. The predicted molar refractivity (Wildman–Crippen MR) is 236 cm³/mol. The molecular formula is C49H64F3N3O7Si. The number of aliphatic hydroxyl groups is 1. The smallest absolute Gasteiger partial charge is 0.417 e. The summed E-state index contributed by atoms with van der Waals surface area (Å²) in [5.41, 5.74) is -2.02. The van der Waals surface area contributed by atoms with Gasteiger partial charge in [0.05, 0.1) is 30.4 Å². The number of aromatic nitrogens is 1. The highest BCUT2D eigenvalue weighted by Gasteiger charge is 2.68. The van der Waals surface area contributed by atoms with Crippen LogP contribution in [0, 0.1) is 11.8 Å². The molecule has 0 amide bonds. The van der Waals surface area contributed by atoms with Gasteiger partial charge in [-0.25, -0.2) is 0 Å². The molecule has 3 aliphatic carbocycles. The third kappa shape index (κ3) is 7.98. The first-order valence-electron chi connectivity index (χ1n) is 23.2. The Morgan fingerprint density at radius 2 is 1.63 bits per heavy atom. The van der Waals surface area contributed by atoms with E-state index >= 15 is 22.8 Å². The van der Waals surface area contributed by atoms with Crippen LogP contribution >= 0.6 is 0 Å².